The maximum atomic E-state index is 12.0. The summed E-state index contributed by atoms with van der Waals surface area (Å²) in [6.45, 7) is 2.73. The number of amides is 2. The van der Waals surface area contributed by atoms with E-state index in [0.29, 0.717) is 13.2 Å². The van der Waals surface area contributed by atoms with Crippen LogP contribution in [0, 0.1) is 0 Å². The second-order valence-electron chi connectivity index (χ2n) is 5.21. The summed E-state index contributed by atoms with van der Waals surface area (Å²) in [5.41, 5.74) is 1.64. The highest BCUT2D eigenvalue weighted by molar-refractivity contribution is 5.90. The van der Waals surface area contributed by atoms with E-state index < -0.39 is 0 Å². The van der Waals surface area contributed by atoms with Gasteiger partial charge >= 0.3 is 6.03 Å². The van der Waals surface area contributed by atoms with Crippen molar-refractivity contribution in [3.8, 4) is 5.75 Å². The zero-order valence-corrected chi connectivity index (χ0v) is 13.4. The van der Waals surface area contributed by atoms with Gasteiger partial charge in [0.25, 0.3) is 0 Å². The summed E-state index contributed by atoms with van der Waals surface area (Å²) in [7, 11) is 1.60. The first-order valence-corrected chi connectivity index (χ1v) is 7.51. The molecule has 5 nitrogen and oxygen atoms in total. The van der Waals surface area contributed by atoms with Crippen molar-refractivity contribution in [3.05, 3.63) is 60.2 Å². The molecule has 2 rings (SSSR count). The van der Waals surface area contributed by atoms with Gasteiger partial charge in [-0.2, -0.15) is 0 Å². The fourth-order valence-corrected chi connectivity index (χ4v) is 2.12. The van der Waals surface area contributed by atoms with E-state index >= 15 is 0 Å². The lowest BCUT2D eigenvalue weighted by atomic mass is 10.2. The van der Waals surface area contributed by atoms with E-state index in [4.69, 9.17) is 9.47 Å². The van der Waals surface area contributed by atoms with E-state index in [9.17, 15) is 4.79 Å². The molecule has 0 aliphatic carbocycles. The van der Waals surface area contributed by atoms with Crippen molar-refractivity contribution >= 4 is 11.7 Å². The number of nitrogens with one attached hydrogen (secondary N) is 2. The molecule has 0 aliphatic heterocycles. The van der Waals surface area contributed by atoms with Crippen LogP contribution in [0.5, 0.6) is 5.75 Å². The molecule has 0 saturated carbocycles. The number of rotatable bonds is 7. The predicted octanol–water partition coefficient (Wildman–Crippen LogP) is 3.42. The van der Waals surface area contributed by atoms with Crippen molar-refractivity contribution in [2.24, 2.45) is 0 Å². The summed E-state index contributed by atoms with van der Waals surface area (Å²) in [5.74, 6) is 0.792. The van der Waals surface area contributed by atoms with Gasteiger partial charge in [0.2, 0.25) is 0 Å². The number of ether oxygens (including phenoxy) is 2. The Labute approximate surface area is 136 Å². The zero-order valence-electron chi connectivity index (χ0n) is 13.4. The fourth-order valence-electron chi connectivity index (χ4n) is 2.12. The van der Waals surface area contributed by atoms with Crippen molar-refractivity contribution in [1.82, 2.24) is 5.32 Å². The third kappa shape index (κ3) is 5.64. The van der Waals surface area contributed by atoms with Crippen LogP contribution in [0.15, 0.2) is 54.6 Å². The molecule has 0 aliphatic rings. The smallest absolute Gasteiger partial charge is 0.319 e. The lowest BCUT2D eigenvalue weighted by Gasteiger charge is -2.16. The maximum absolute atomic E-state index is 12.0. The lowest BCUT2D eigenvalue weighted by molar-refractivity contribution is 0.173. The molecular formula is C18H22N2O3. The molecule has 0 bridgehead atoms. The van der Waals surface area contributed by atoms with Crippen molar-refractivity contribution in [2.75, 3.05) is 19.0 Å². The first kappa shape index (κ1) is 16.8. The Morgan fingerprint density at radius 3 is 2.52 bits per heavy atom. The van der Waals surface area contributed by atoms with E-state index in [1.807, 2.05) is 61.5 Å². The van der Waals surface area contributed by atoms with Crippen molar-refractivity contribution in [2.45, 2.75) is 19.6 Å². The van der Waals surface area contributed by atoms with E-state index in [2.05, 4.69) is 10.6 Å². The SMILES string of the molecule is COCC(C)NC(=O)Nc1ccccc1COc1ccccc1. The monoisotopic (exact) mass is 314 g/mol. The van der Waals surface area contributed by atoms with Gasteiger partial charge in [-0.25, -0.2) is 4.79 Å². The van der Waals surface area contributed by atoms with Crippen LogP contribution in [0.1, 0.15) is 12.5 Å². The highest BCUT2D eigenvalue weighted by Gasteiger charge is 2.09. The molecule has 2 amide bonds. The van der Waals surface area contributed by atoms with Gasteiger partial charge in [0.1, 0.15) is 12.4 Å². The number of carbonyl (C=O) groups excluding carboxylic acids is 1. The number of methoxy groups -OCH3 is 1. The fraction of sp³-hybridized carbons (Fsp3) is 0.278. The Bertz CT molecular complexity index is 617. The predicted molar refractivity (Wildman–Crippen MR) is 90.7 cm³/mol. The molecule has 2 aromatic carbocycles. The molecular weight excluding hydrogens is 292 g/mol. The highest BCUT2D eigenvalue weighted by atomic mass is 16.5. The highest BCUT2D eigenvalue weighted by Crippen LogP contribution is 2.18. The summed E-state index contributed by atoms with van der Waals surface area (Å²) >= 11 is 0. The molecule has 0 spiro atoms. The van der Waals surface area contributed by atoms with Crippen LogP contribution in [-0.2, 0) is 11.3 Å². The zero-order chi connectivity index (χ0) is 16.5. The Hall–Kier alpha value is -2.53. The number of hydrogen-bond donors (Lipinski definition) is 2. The van der Waals surface area contributed by atoms with Gasteiger partial charge in [0.05, 0.1) is 12.6 Å². The number of para-hydroxylation sites is 2. The molecule has 2 aromatic rings. The van der Waals surface area contributed by atoms with Crippen LogP contribution in [0.3, 0.4) is 0 Å². The quantitative estimate of drug-likeness (QED) is 0.823. The molecule has 0 radical (unpaired) electrons. The summed E-state index contributed by atoms with van der Waals surface area (Å²) < 4.78 is 10.7. The van der Waals surface area contributed by atoms with Crippen molar-refractivity contribution in [3.63, 3.8) is 0 Å². The largest absolute Gasteiger partial charge is 0.489 e. The Kier molecular flexibility index (Phi) is 6.44. The lowest BCUT2D eigenvalue weighted by Crippen LogP contribution is -2.38. The van der Waals surface area contributed by atoms with Crippen LogP contribution >= 0.6 is 0 Å². The van der Waals surface area contributed by atoms with Crippen molar-refractivity contribution in [1.29, 1.82) is 0 Å². The molecule has 122 valence electrons. The van der Waals surface area contributed by atoms with Gasteiger partial charge in [-0.1, -0.05) is 36.4 Å². The minimum atomic E-state index is -0.262. The Balaban J connectivity index is 1.95. The average molecular weight is 314 g/mol. The summed E-state index contributed by atoms with van der Waals surface area (Å²) in [6.07, 6.45) is 0. The topological polar surface area (TPSA) is 59.6 Å². The molecule has 1 unspecified atom stereocenters. The molecule has 0 saturated heterocycles. The van der Waals surface area contributed by atoms with E-state index in [-0.39, 0.29) is 12.1 Å². The van der Waals surface area contributed by atoms with Crippen LogP contribution in [-0.4, -0.2) is 25.8 Å². The van der Waals surface area contributed by atoms with Gasteiger partial charge in [-0.3, -0.25) is 0 Å². The molecule has 5 heteroatoms. The second kappa shape index (κ2) is 8.80. The maximum Gasteiger partial charge on any atom is 0.319 e. The number of urea groups is 1. The first-order valence-electron chi connectivity index (χ1n) is 7.51. The number of anilines is 1. The average Bonchev–Trinajstić information content (AvgIpc) is 2.55. The number of carbonyl (C=O) groups is 1. The van der Waals surface area contributed by atoms with Crippen LogP contribution in [0.4, 0.5) is 10.5 Å². The van der Waals surface area contributed by atoms with E-state index in [1.165, 1.54) is 0 Å². The number of benzene rings is 2. The summed E-state index contributed by atoms with van der Waals surface area (Å²) in [6, 6.07) is 16.8. The molecule has 1 atom stereocenters. The second-order valence-corrected chi connectivity index (χ2v) is 5.21. The van der Waals surface area contributed by atoms with E-state index in [1.54, 1.807) is 7.11 Å². The Morgan fingerprint density at radius 1 is 1.09 bits per heavy atom. The van der Waals surface area contributed by atoms with Gasteiger partial charge < -0.3 is 20.1 Å². The third-order valence-electron chi connectivity index (χ3n) is 3.20. The van der Waals surface area contributed by atoms with Crippen molar-refractivity contribution < 1.29 is 14.3 Å². The summed E-state index contributed by atoms with van der Waals surface area (Å²) in [5, 5.41) is 5.66. The van der Waals surface area contributed by atoms with Gasteiger partial charge in [-0.15, -0.1) is 0 Å². The van der Waals surface area contributed by atoms with E-state index in [0.717, 1.165) is 17.0 Å². The van der Waals surface area contributed by atoms with Gasteiger partial charge in [-0.05, 0) is 25.1 Å². The molecule has 0 heterocycles. The van der Waals surface area contributed by atoms with Gasteiger partial charge in [0.15, 0.2) is 0 Å². The molecule has 0 fully saturated rings. The van der Waals surface area contributed by atoms with Crippen LogP contribution in [0.25, 0.3) is 0 Å². The molecule has 23 heavy (non-hydrogen) atoms. The molecule has 0 aromatic heterocycles. The molecule has 2 N–H and O–H groups in total. The number of hydrogen-bond acceptors (Lipinski definition) is 3. The van der Waals surface area contributed by atoms with Crippen LogP contribution in [0.2, 0.25) is 0 Å². The minimum absolute atomic E-state index is 0.0623. The summed E-state index contributed by atoms with van der Waals surface area (Å²) in [4.78, 5) is 12.0. The standard InChI is InChI=1S/C18H22N2O3/c1-14(12-22-2)19-18(21)20-17-11-7-6-8-15(17)13-23-16-9-4-3-5-10-16/h3-11,14H,12-13H2,1-2H3,(H2,19,20,21). The normalized spacial score (nSPS) is 11.6. The minimum Gasteiger partial charge on any atom is -0.489 e. The van der Waals surface area contributed by atoms with Crippen LogP contribution < -0.4 is 15.4 Å². The van der Waals surface area contributed by atoms with Gasteiger partial charge in [0, 0.05) is 18.4 Å². The first-order chi connectivity index (χ1) is 11.2. The Morgan fingerprint density at radius 2 is 1.78 bits per heavy atom. The third-order valence-corrected chi connectivity index (χ3v) is 3.20.